The molecule has 6 heteroatoms. The molecule has 1 aliphatic rings. The number of carbonyl (C=O) groups excluding carboxylic acids is 1. The average Bonchev–Trinajstić information content (AvgIpc) is 3.03. The molecule has 1 aliphatic heterocycles. The number of rotatable bonds is 6. The highest BCUT2D eigenvalue weighted by atomic mass is 79.9. The van der Waals surface area contributed by atoms with Gasteiger partial charge >= 0.3 is 5.97 Å². The predicted molar refractivity (Wildman–Crippen MR) is 113 cm³/mol. The number of hydrazine groups is 2. The minimum atomic E-state index is -0.174. The number of anilines is 2. The van der Waals surface area contributed by atoms with Crippen molar-refractivity contribution in [1.29, 1.82) is 0 Å². The topological polar surface area (TPSA) is 53.6 Å². The van der Waals surface area contributed by atoms with Crippen LogP contribution in [0.4, 0.5) is 11.4 Å². The number of benzene rings is 2. The maximum absolute atomic E-state index is 12.4. The minimum absolute atomic E-state index is 0.0551. The Hall–Kier alpha value is -2.05. The van der Waals surface area contributed by atoms with E-state index in [4.69, 9.17) is 4.74 Å². The zero-order chi connectivity index (χ0) is 19.6. The SMILES string of the molecule is CCOC(=O)CC(c1ccc(C)c(CBr)c1)c1ccc2c(c1C)NNN2C. The molecule has 2 aromatic carbocycles. The van der Waals surface area contributed by atoms with E-state index in [-0.39, 0.29) is 11.9 Å². The van der Waals surface area contributed by atoms with Crippen molar-refractivity contribution >= 4 is 33.3 Å². The standard InChI is InChI=1S/C21H26BrN3O2/c1-5-27-20(26)11-18(15-7-6-13(2)16(10-15)12-22)17-8-9-19-21(14(17)3)23-24-25(19)4/h6-10,18,23-24H,5,11-12H2,1-4H3. The van der Waals surface area contributed by atoms with Crippen molar-refractivity contribution in [2.75, 3.05) is 24.1 Å². The first-order chi connectivity index (χ1) is 13.0. The number of ether oxygens (including phenoxy) is 1. The van der Waals surface area contributed by atoms with Crippen LogP contribution < -0.4 is 16.0 Å². The quantitative estimate of drug-likeness (QED) is 0.518. The molecule has 0 spiro atoms. The molecule has 0 aromatic heterocycles. The summed E-state index contributed by atoms with van der Waals surface area (Å²) in [6.07, 6.45) is 0.321. The fraction of sp³-hybridized carbons (Fsp3) is 0.381. The average molecular weight is 432 g/mol. The van der Waals surface area contributed by atoms with Gasteiger partial charge in [-0.1, -0.05) is 40.2 Å². The van der Waals surface area contributed by atoms with Crippen LogP contribution >= 0.6 is 15.9 Å². The largest absolute Gasteiger partial charge is 0.466 e. The van der Waals surface area contributed by atoms with Crippen molar-refractivity contribution in [2.24, 2.45) is 0 Å². The van der Waals surface area contributed by atoms with E-state index in [1.54, 1.807) is 0 Å². The van der Waals surface area contributed by atoms with Gasteiger partial charge in [-0.3, -0.25) is 9.80 Å². The Kier molecular flexibility index (Phi) is 6.07. The third-order valence-corrected chi connectivity index (χ3v) is 5.77. The van der Waals surface area contributed by atoms with E-state index in [1.807, 2.05) is 19.0 Å². The molecule has 1 atom stereocenters. The molecule has 0 radical (unpaired) electrons. The van der Waals surface area contributed by atoms with E-state index < -0.39 is 0 Å². The maximum Gasteiger partial charge on any atom is 0.306 e. The van der Waals surface area contributed by atoms with Gasteiger partial charge in [-0.15, -0.1) is 5.53 Å². The van der Waals surface area contributed by atoms with Crippen LogP contribution in [0.5, 0.6) is 0 Å². The van der Waals surface area contributed by atoms with Crippen molar-refractivity contribution in [3.05, 3.63) is 58.1 Å². The smallest absolute Gasteiger partial charge is 0.306 e. The number of aryl methyl sites for hydroxylation is 1. The van der Waals surface area contributed by atoms with Crippen LogP contribution in [0.2, 0.25) is 0 Å². The second kappa shape index (κ2) is 8.31. The third-order valence-electron chi connectivity index (χ3n) is 5.17. The molecule has 0 bridgehead atoms. The molecule has 1 heterocycles. The van der Waals surface area contributed by atoms with Crippen LogP contribution in [0.3, 0.4) is 0 Å². The molecule has 0 aliphatic carbocycles. The normalized spacial score (nSPS) is 13.9. The molecule has 0 fully saturated rings. The highest BCUT2D eigenvalue weighted by Gasteiger charge is 2.26. The number of halogens is 1. The van der Waals surface area contributed by atoms with E-state index in [0.29, 0.717) is 13.0 Å². The first-order valence-electron chi connectivity index (χ1n) is 9.16. The van der Waals surface area contributed by atoms with Gasteiger partial charge in [0.2, 0.25) is 0 Å². The zero-order valence-corrected chi connectivity index (χ0v) is 17.8. The van der Waals surface area contributed by atoms with Gasteiger partial charge in [-0.2, -0.15) is 0 Å². The number of nitrogens with one attached hydrogen (secondary N) is 2. The number of fused-ring (bicyclic) bond motifs is 1. The fourth-order valence-electron chi connectivity index (χ4n) is 3.57. The van der Waals surface area contributed by atoms with Gasteiger partial charge in [0.25, 0.3) is 0 Å². The number of carbonyl (C=O) groups is 1. The Bertz CT molecular complexity index is 854. The summed E-state index contributed by atoms with van der Waals surface area (Å²) in [5, 5.41) is 2.74. The van der Waals surface area contributed by atoms with Crippen LogP contribution in [0.15, 0.2) is 30.3 Å². The van der Waals surface area contributed by atoms with Crippen LogP contribution in [-0.4, -0.2) is 19.6 Å². The summed E-state index contributed by atoms with van der Waals surface area (Å²) in [4.78, 5) is 12.4. The zero-order valence-electron chi connectivity index (χ0n) is 16.2. The molecule has 2 aromatic rings. The molecule has 2 N–H and O–H groups in total. The number of hydrogen-bond donors (Lipinski definition) is 2. The number of hydrogen-bond acceptors (Lipinski definition) is 5. The second-order valence-corrected chi connectivity index (χ2v) is 7.41. The summed E-state index contributed by atoms with van der Waals surface area (Å²) in [6.45, 7) is 6.44. The summed E-state index contributed by atoms with van der Waals surface area (Å²) in [6, 6.07) is 10.6. The summed E-state index contributed by atoms with van der Waals surface area (Å²) in [7, 11) is 1.97. The molecule has 0 saturated carbocycles. The lowest BCUT2D eigenvalue weighted by atomic mass is 9.84. The van der Waals surface area contributed by atoms with Gasteiger partial charge in [0.05, 0.1) is 24.4 Å². The van der Waals surface area contributed by atoms with Crippen molar-refractivity contribution in [3.8, 4) is 0 Å². The lowest BCUT2D eigenvalue weighted by Crippen LogP contribution is -2.31. The molecule has 0 amide bonds. The lowest BCUT2D eigenvalue weighted by Gasteiger charge is -2.22. The molecule has 144 valence electrons. The Labute approximate surface area is 169 Å². The van der Waals surface area contributed by atoms with Gasteiger partial charge in [0.15, 0.2) is 0 Å². The van der Waals surface area contributed by atoms with E-state index in [2.05, 4.69) is 71.1 Å². The Morgan fingerprint density at radius 1 is 1.26 bits per heavy atom. The molecular formula is C21H26BrN3O2. The van der Waals surface area contributed by atoms with Crippen molar-refractivity contribution < 1.29 is 9.53 Å². The number of nitrogens with zero attached hydrogens (tertiary/aromatic N) is 1. The molecule has 0 saturated heterocycles. The summed E-state index contributed by atoms with van der Waals surface area (Å²) in [5.74, 6) is -0.230. The van der Waals surface area contributed by atoms with Crippen molar-refractivity contribution in [2.45, 2.75) is 38.4 Å². The van der Waals surface area contributed by atoms with E-state index in [0.717, 1.165) is 33.4 Å². The number of alkyl halides is 1. The number of esters is 1. The van der Waals surface area contributed by atoms with Crippen LogP contribution in [0.25, 0.3) is 0 Å². The molecular weight excluding hydrogens is 406 g/mol. The van der Waals surface area contributed by atoms with Crippen LogP contribution in [0, 0.1) is 13.8 Å². The van der Waals surface area contributed by atoms with Crippen molar-refractivity contribution in [3.63, 3.8) is 0 Å². The van der Waals surface area contributed by atoms with Crippen LogP contribution in [0.1, 0.15) is 47.1 Å². The van der Waals surface area contributed by atoms with Crippen LogP contribution in [-0.2, 0) is 14.9 Å². The van der Waals surface area contributed by atoms with E-state index >= 15 is 0 Å². The first kappa shape index (κ1) is 19.7. The van der Waals surface area contributed by atoms with Gasteiger partial charge in [0, 0.05) is 18.3 Å². The maximum atomic E-state index is 12.4. The Morgan fingerprint density at radius 3 is 2.74 bits per heavy atom. The molecule has 5 nitrogen and oxygen atoms in total. The third kappa shape index (κ3) is 3.96. The van der Waals surface area contributed by atoms with E-state index in [1.165, 1.54) is 11.1 Å². The molecule has 27 heavy (non-hydrogen) atoms. The van der Waals surface area contributed by atoms with Gasteiger partial charge in [-0.05, 0) is 54.7 Å². The summed E-state index contributed by atoms with van der Waals surface area (Å²) >= 11 is 3.57. The van der Waals surface area contributed by atoms with Gasteiger partial charge in [-0.25, -0.2) is 0 Å². The van der Waals surface area contributed by atoms with Crippen molar-refractivity contribution in [1.82, 2.24) is 5.53 Å². The van der Waals surface area contributed by atoms with Gasteiger partial charge in [0.1, 0.15) is 0 Å². The highest BCUT2D eigenvalue weighted by molar-refractivity contribution is 9.08. The lowest BCUT2D eigenvalue weighted by molar-refractivity contribution is -0.143. The Balaban J connectivity index is 2.07. The van der Waals surface area contributed by atoms with Gasteiger partial charge < -0.3 is 10.2 Å². The fourth-order valence-corrected chi connectivity index (χ4v) is 4.18. The Morgan fingerprint density at radius 2 is 2.04 bits per heavy atom. The predicted octanol–water partition coefficient (Wildman–Crippen LogP) is 4.56. The minimum Gasteiger partial charge on any atom is -0.466 e. The summed E-state index contributed by atoms with van der Waals surface area (Å²) in [5.41, 5.74) is 14.4. The summed E-state index contributed by atoms with van der Waals surface area (Å²) < 4.78 is 5.26. The second-order valence-electron chi connectivity index (χ2n) is 6.85. The monoisotopic (exact) mass is 431 g/mol. The molecule has 3 rings (SSSR count). The van der Waals surface area contributed by atoms with E-state index in [9.17, 15) is 4.79 Å². The first-order valence-corrected chi connectivity index (χ1v) is 10.3. The highest BCUT2D eigenvalue weighted by Crippen LogP contribution is 2.39. The molecule has 1 unspecified atom stereocenters.